The standard InChI is InChI=1S/C20H22N2O8S/c1-13-4-6-16(10-14(13)2)31(27,28)9-8-20(24)30-12-19(23)21-17-11-15(29-3)5-7-18(17)22(25)26/h4-7,10-11H,8-9,12H2,1-3H3,(H,21,23). The summed E-state index contributed by atoms with van der Waals surface area (Å²) in [6, 6.07) is 8.47. The van der Waals surface area contributed by atoms with Crippen LogP contribution in [-0.4, -0.2) is 44.7 Å². The van der Waals surface area contributed by atoms with Crippen LogP contribution >= 0.6 is 0 Å². The fourth-order valence-corrected chi connectivity index (χ4v) is 3.85. The van der Waals surface area contributed by atoms with Crippen LogP contribution in [0.2, 0.25) is 0 Å². The van der Waals surface area contributed by atoms with E-state index in [1.165, 1.54) is 31.4 Å². The fourth-order valence-electron chi connectivity index (χ4n) is 2.55. The molecule has 0 aliphatic heterocycles. The maximum atomic E-state index is 12.4. The molecule has 0 atom stereocenters. The predicted molar refractivity (Wildman–Crippen MR) is 112 cm³/mol. The molecule has 0 unspecified atom stereocenters. The van der Waals surface area contributed by atoms with E-state index >= 15 is 0 Å². The van der Waals surface area contributed by atoms with Gasteiger partial charge in [0.1, 0.15) is 11.4 Å². The number of carbonyl (C=O) groups is 2. The van der Waals surface area contributed by atoms with Crippen molar-refractivity contribution in [3.63, 3.8) is 0 Å². The van der Waals surface area contributed by atoms with Crippen LogP contribution in [0.4, 0.5) is 11.4 Å². The van der Waals surface area contributed by atoms with Crippen molar-refractivity contribution >= 4 is 33.1 Å². The highest BCUT2D eigenvalue weighted by Gasteiger charge is 2.20. The monoisotopic (exact) mass is 450 g/mol. The van der Waals surface area contributed by atoms with Crippen LogP contribution < -0.4 is 10.1 Å². The lowest BCUT2D eigenvalue weighted by Crippen LogP contribution is -2.22. The molecule has 0 saturated carbocycles. The molecule has 10 nitrogen and oxygen atoms in total. The van der Waals surface area contributed by atoms with Gasteiger partial charge >= 0.3 is 5.97 Å². The SMILES string of the molecule is COc1ccc([N+](=O)[O-])c(NC(=O)COC(=O)CCS(=O)(=O)c2ccc(C)c(C)c2)c1. The third kappa shape index (κ3) is 6.51. The number of methoxy groups -OCH3 is 1. The van der Waals surface area contributed by atoms with Crippen molar-refractivity contribution in [2.24, 2.45) is 0 Å². The Bertz CT molecular complexity index is 1110. The molecule has 2 aromatic carbocycles. The Labute approximate surface area is 179 Å². The zero-order valence-electron chi connectivity index (χ0n) is 17.2. The molecule has 166 valence electrons. The zero-order valence-corrected chi connectivity index (χ0v) is 18.0. The van der Waals surface area contributed by atoms with E-state index in [1.54, 1.807) is 13.0 Å². The normalized spacial score (nSPS) is 10.9. The van der Waals surface area contributed by atoms with Crippen molar-refractivity contribution in [1.29, 1.82) is 0 Å². The number of rotatable bonds is 9. The summed E-state index contributed by atoms with van der Waals surface area (Å²) in [6.45, 7) is 2.92. The number of amides is 1. The zero-order chi connectivity index (χ0) is 23.2. The van der Waals surface area contributed by atoms with Crippen LogP contribution in [0, 0.1) is 24.0 Å². The molecule has 0 aromatic heterocycles. The van der Waals surface area contributed by atoms with E-state index in [2.05, 4.69) is 5.32 Å². The molecule has 0 radical (unpaired) electrons. The van der Waals surface area contributed by atoms with E-state index < -0.39 is 45.4 Å². The minimum absolute atomic E-state index is 0.103. The average molecular weight is 450 g/mol. The number of nitrogens with zero attached hydrogens (tertiary/aromatic N) is 1. The predicted octanol–water partition coefficient (Wildman–Crippen LogP) is 2.57. The Morgan fingerprint density at radius 1 is 1.10 bits per heavy atom. The van der Waals surface area contributed by atoms with E-state index in [9.17, 15) is 28.1 Å². The molecule has 0 bridgehead atoms. The second-order valence-corrected chi connectivity index (χ2v) is 8.77. The van der Waals surface area contributed by atoms with Crippen molar-refractivity contribution in [1.82, 2.24) is 0 Å². The number of anilines is 1. The number of nitrogens with one attached hydrogen (secondary N) is 1. The Morgan fingerprint density at radius 3 is 2.42 bits per heavy atom. The van der Waals surface area contributed by atoms with Crippen LogP contribution in [0.1, 0.15) is 17.5 Å². The molecular formula is C20H22N2O8S. The van der Waals surface area contributed by atoms with E-state index in [0.29, 0.717) is 0 Å². The highest BCUT2D eigenvalue weighted by molar-refractivity contribution is 7.91. The molecule has 0 aliphatic rings. The summed E-state index contributed by atoms with van der Waals surface area (Å²) in [5.74, 6) is -1.89. The largest absolute Gasteiger partial charge is 0.497 e. The number of nitro benzene ring substituents is 1. The first-order valence-electron chi connectivity index (χ1n) is 9.11. The maximum Gasteiger partial charge on any atom is 0.307 e. The fraction of sp³-hybridized carbons (Fsp3) is 0.300. The first-order chi connectivity index (χ1) is 14.5. The number of hydrogen-bond donors (Lipinski definition) is 1. The van der Waals surface area contributed by atoms with Crippen molar-refractivity contribution in [3.05, 3.63) is 57.6 Å². The van der Waals surface area contributed by atoms with Crippen molar-refractivity contribution < 1.29 is 32.4 Å². The third-order valence-corrected chi connectivity index (χ3v) is 6.16. The summed E-state index contributed by atoms with van der Waals surface area (Å²) in [7, 11) is -2.33. The summed E-state index contributed by atoms with van der Waals surface area (Å²) in [4.78, 5) is 34.4. The van der Waals surface area contributed by atoms with E-state index in [-0.39, 0.29) is 22.0 Å². The van der Waals surface area contributed by atoms with Gasteiger partial charge in [-0.15, -0.1) is 0 Å². The second-order valence-electron chi connectivity index (χ2n) is 6.66. The van der Waals surface area contributed by atoms with E-state index in [1.807, 2.05) is 6.92 Å². The highest BCUT2D eigenvalue weighted by Crippen LogP contribution is 2.28. The van der Waals surface area contributed by atoms with Crippen LogP contribution in [-0.2, 0) is 24.2 Å². The number of esters is 1. The topological polar surface area (TPSA) is 142 Å². The van der Waals surface area contributed by atoms with Crippen molar-refractivity contribution in [2.75, 3.05) is 24.8 Å². The van der Waals surface area contributed by atoms with Gasteiger partial charge in [0.2, 0.25) is 0 Å². The van der Waals surface area contributed by atoms with Gasteiger partial charge < -0.3 is 14.8 Å². The van der Waals surface area contributed by atoms with Crippen LogP contribution in [0.3, 0.4) is 0 Å². The van der Waals surface area contributed by atoms with Gasteiger partial charge in [-0.1, -0.05) is 6.07 Å². The number of sulfone groups is 1. The van der Waals surface area contributed by atoms with Crippen LogP contribution in [0.15, 0.2) is 41.3 Å². The highest BCUT2D eigenvalue weighted by atomic mass is 32.2. The van der Waals surface area contributed by atoms with Crippen molar-refractivity contribution in [3.8, 4) is 5.75 Å². The van der Waals surface area contributed by atoms with Gasteiger partial charge in [0.25, 0.3) is 11.6 Å². The molecule has 1 N–H and O–H groups in total. The van der Waals surface area contributed by atoms with Gasteiger partial charge in [-0.3, -0.25) is 19.7 Å². The van der Waals surface area contributed by atoms with Gasteiger partial charge in [-0.25, -0.2) is 8.42 Å². The molecule has 0 heterocycles. The van der Waals surface area contributed by atoms with Gasteiger partial charge in [-0.2, -0.15) is 0 Å². The number of aryl methyl sites for hydroxylation is 2. The van der Waals surface area contributed by atoms with Gasteiger partial charge in [0.15, 0.2) is 16.4 Å². The Morgan fingerprint density at radius 2 is 1.81 bits per heavy atom. The summed E-state index contributed by atoms with van der Waals surface area (Å²) in [5.41, 5.74) is 1.27. The Kier molecular flexibility index (Phi) is 7.70. The van der Waals surface area contributed by atoms with Gasteiger partial charge in [0.05, 0.1) is 29.1 Å². The lowest BCUT2D eigenvalue weighted by molar-refractivity contribution is -0.383. The molecule has 2 aromatic rings. The maximum absolute atomic E-state index is 12.4. The van der Waals surface area contributed by atoms with E-state index in [4.69, 9.17) is 9.47 Å². The second kappa shape index (κ2) is 10.0. The summed E-state index contributed by atoms with van der Waals surface area (Å²) in [6.07, 6.45) is -0.443. The Balaban J connectivity index is 1.92. The lowest BCUT2D eigenvalue weighted by atomic mass is 10.1. The molecule has 31 heavy (non-hydrogen) atoms. The Hall–Kier alpha value is -3.47. The van der Waals surface area contributed by atoms with Crippen molar-refractivity contribution in [2.45, 2.75) is 25.2 Å². The average Bonchev–Trinajstić information content (AvgIpc) is 2.72. The first kappa shape index (κ1) is 23.8. The first-order valence-corrected chi connectivity index (χ1v) is 10.8. The summed E-state index contributed by atoms with van der Waals surface area (Å²) in [5, 5.41) is 13.4. The molecule has 11 heteroatoms. The van der Waals surface area contributed by atoms with Gasteiger partial charge in [0, 0.05) is 12.1 Å². The molecule has 2 rings (SSSR count). The third-order valence-electron chi connectivity index (χ3n) is 4.45. The lowest BCUT2D eigenvalue weighted by Gasteiger charge is -2.09. The molecule has 0 fully saturated rings. The molecule has 0 saturated heterocycles. The minimum Gasteiger partial charge on any atom is -0.497 e. The number of carbonyl (C=O) groups excluding carboxylic acids is 2. The van der Waals surface area contributed by atoms with E-state index in [0.717, 1.165) is 17.2 Å². The number of ether oxygens (including phenoxy) is 2. The van der Waals surface area contributed by atoms with Gasteiger partial charge in [-0.05, 0) is 43.2 Å². The summed E-state index contributed by atoms with van der Waals surface area (Å²) < 4.78 is 34.5. The quantitative estimate of drug-likeness (QED) is 0.349. The number of hydrogen-bond acceptors (Lipinski definition) is 8. The number of benzene rings is 2. The smallest absolute Gasteiger partial charge is 0.307 e. The molecule has 0 aliphatic carbocycles. The minimum atomic E-state index is -3.69. The molecular weight excluding hydrogens is 428 g/mol. The molecule has 1 amide bonds. The number of nitro groups is 1. The van der Waals surface area contributed by atoms with Crippen LogP contribution in [0.25, 0.3) is 0 Å². The molecule has 0 spiro atoms. The van der Waals surface area contributed by atoms with Crippen LogP contribution in [0.5, 0.6) is 5.75 Å². The summed E-state index contributed by atoms with van der Waals surface area (Å²) >= 11 is 0.